The summed E-state index contributed by atoms with van der Waals surface area (Å²) in [5.41, 5.74) is 4.65. The molecular weight excluding hydrogens is 220 g/mol. The van der Waals surface area contributed by atoms with Crippen molar-refractivity contribution in [3.63, 3.8) is 0 Å². The van der Waals surface area contributed by atoms with E-state index in [-0.39, 0.29) is 11.8 Å². The molecule has 88 valence electrons. The highest BCUT2D eigenvalue weighted by atomic mass is 14.9. The molecule has 1 unspecified atom stereocenters. The standard InChI is InChI=1S/C16H14N2/c1-11(10-17)16-12-6-2-4-8-14(12)18-15-9-5-3-7-13(15)16/h2-9,11,16,18H,1H3. The van der Waals surface area contributed by atoms with Gasteiger partial charge in [0.25, 0.3) is 0 Å². The van der Waals surface area contributed by atoms with Crippen LogP contribution in [0.3, 0.4) is 0 Å². The third-order valence-electron chi connectivity index (χ3n) is 3.56. The second kappa shape index (κ2) is 4.19. The Morgan fingerprint density at radius 2 is 1.50 bits per heavy atom. The lowest BCUT2D eigenvalue weighted by atomic mass is 9.79. The van der Waals surface area contributed by atoms with Gasteiger partial charge in [-0.3, -0.25) is 0 Å². The van der Waals surface area contributed by atoms with Crippen molar-refractivity contribution in [1.29, 1.82) is 5.26 Å². The first-order valence-corrected chi connectivity index (χ1v) is 6.16. The first kappa shape index (κ1) is 10.9. The summed E-state index contributed by atoms with van der Waals surface area (Å²) >= 11 is 0. The van der Waals surface area contributed by atoms with Gasteiger partial charge in [-0.15, -0.1) is 0 Å². The van der Waals surface area contributed by atoms with E-state index in [1.807, 2.05) is 31.2 Å². The van der Waals surface area contributed by atoms with Crippen molar-refractivity contribution in [3.05, 3.63) is 59.7 Å². The minimum absolute atomic E-state index is 0.0330. The molecule has 1 aliphatic heterocycles. The van der Waals surface area contributed by atoms with Gasteiger partial charge in [-0.2, -0.15) is 5.26 Å². The average Bonchev–Trinajstić information content (AvgIpc) is 2.44. The van der Waals surface area contributed by atoms with Gasteiger partial charge in [0, 0.05) is 17.3 Å². The van der Waals surface area contributed by atoms with Crippen molar-refractivity contribution in [1.82, 2.24) is 0 Å². The molecule has 0 spiro atoms. The normalized spacial score (nSPS) is 14.9. The van der Waals surface area contributed by atoms with Crippen molar-refractivity contribution < 1.29 is 0 Å². The third kappa shape index (κ3) is 1.56. The van der Waals surface area contributed by atoms with Crippen LogP contribution in [-0.4, -0.2) is 0 Å². The van der Waals surface area contributed by atoms with Crippen LogP contribution in [0, 0.1) is 17.2 Å². The van der Waals surface area contributed by atoms with Crippen LogP contribution in [0.5, 0.6) is 0 Å². The van der Waals surface area contributed by atoms with Crippen molar-refractivity contribution >= 4 is 11.4 Å². The molecule has 0 radical (unpaired) electrons. The minimum Gasteiger partial charge on any atom is -0.355 e. The smallest absolute Gasteiger partial charge is 0.0662 e. The van der Waals surface area contributed by atoms with E-state index in [1.165, 1.54) is 11.1 Å². The van der Waals surface area contributed by atoms with E-state index in [4.69, 9.17) is 0 Å². The highest BCUT2D eigenvalue weighted by Crippen LogP contribution is 2.44. The van der Waals surface area contributed by atoms with Gasteiger partial charge in [0.2, 0.25) is 0 Å². The molecule has 2 aromatic rings. The molecule has 0 bridgehead atoms. The highest BCUT2D eigenvalue weighted by molar-refractivity contribution is 5.73. The molecule has 0 aromatic heterocycles. The van der Waals surface area contributed by atoms with Crippen LogP contribution in [0.4, 0.5) is 11.4 Å². The maximum Gasteiger partial charge on any atom is 0.0662 e. The summed E-state index contributed by atoms with van der Waals surface area (Å²) in [5, 5.41) is 12.7. The van der Waals surface area contributed by atoms with Crippen LogP contribution in [-0.2, 0) is 0 Å². The van der Waals surface area contributed by atoms with Crippen molar-refractivity contribution in [2.75, 3.05) is 5.32 Å². The molecule has 1 heterocycles. The van der Waals surface area contributed by atoms with Crippen LogP contribution >= 0.6 is 0 Å². The predicted molar refractivity (Wildman–Crippen MR) is 72.8 cm³/mol. The zero-order valence-corrected chi connectivity index (χ0v) is 10.2. The summed E-state index contributed by atoms with van der Waals surface area (Å²) in [6.07, 6.45) is 0. The van der Waals surface area contributed by atoms with E-state index in [0.29, 0.717) is 0 Å². The van der Waals surface area contributed by atoms with Gasteiger partial charge in [-0.25, -0.2) is 0 Å². The minimum atomic E-state index is -0.0330. The Hall–Kier alpha value is -2.27. The van der Waals surface area contributed by atoms with E-state index >= 15 is 0 Å². The molecule has 0 fully saturated rings. The topological polar surface area (TPSA) is 35.8 Å². The van der Waals surface area contributed by atoms with Gasteiger partial charge >= 0.3 is 0 Å². The predicted octanol–water partition coefficient (Wildman–Crippen LogP) is 4.04. The molecule has 0 amide bonds. The fourth-order valence-corrected chi connectivity index (χ4v) is 2.69. The van der Waals surface area contributed by atoms with Crippen molar-refractivity contribution in [3.8, 4) is 6.07 Å². The van der Waals surface area contributed by atoms with Gasteiger partial charge < -0.3 is 5.32 Å². The number of nitriles is 1. The quantitative estimate of drug-likeness (QED) is 0.808. The van der Waals surface area contributed by atoms with E-state index in [9.17, 15) is 5.26 Å². The molecule has 3 rings (SSSR count). The maximum absolute atomic E-state index is 9.27. The Kier molecular flexibility index (Phi) is 2.53. The Balaban J connectivity index is 2.21. The molecule has 18 heavy (non-hydrogen) atoms. The Morgan fingerprint density at radius 3 is 2.00 bits per heavy atom. The number of hydrogen-bond acceptors (Lipinski definition) is 2. The van der Waals surface area contributed by atoms with E-state index < -0.39 is 0 Å². The molecule has 1 N–H and O–H groups in total. The lowest BCUT2D eigenvalue weighted by Gasteiger charge is -2.30. The molecule has 0 saturated heterocycles. The van der Waals surface area contributed by atoms with Crippen LogP contribution in [0.25, 0.3) is 0 Å². The number of nitrogens with one attached hydrogen (secondary N) is 1. The second-order valence-corrected chi connectivity index (χ2v) is 4.69. The fraction of sp³-hybridized carbons (Fsp3) is 0.188. The van der Waals surface area contributed by atoms with E-state index in [2.05, 4.69) is 35.7 Å². The van der Waals surface area contributed by atoms with Crippen LogP contribution in [0.15, 0.2) is 48.5 Å². The summed E-state index contributed by atoms with van der Waals surface area (Å²) in [4.78, 5) is 0. The van der Waals surface area contributed by atoms with Crippen molar-refractivity contribution in [2.45, 2.75) is 12.8 Å². The Morgan fingerprint density at radius 1 is 1.00 bits per heavy atom. The molecule has 1 aliphatic rings. The number of fused-ring (bicyclic) bond motifs is 2. The van der Waals surface area contributed by atoms with Gasteiger partial charge in [-0.05, 0) is 30.2 Å². The molecule has 0 saturated carbocycles. The van der Waals surface area contributed by atoms with Crippen LogP contribution in [0.2, 0.25) is 0 Å². The summed E-state index contributed by atoms with van der Waals surface area (Å²) in [6.45, 7) is 1.99. The van der Waals surface area contributed by atoms with E-state index in [1.54, 1.807) is 0 Å². The molecule has 2 aromatic carbocycles. The van der Waals surface area contributed by atoms with Crippen LogP contribution in [0.1, 0.15) is 24.0 Å². The maximum atomic E-state index is 9.27. The number of rotatable bonds is 1. The van der Waals surface area contributed by atoms with Gasteiger partial charge in [0.1, 0.15) is 0 Å². The zero-order valence-electron chi connectivity index (χ0n) is 10.2. The zero-order chi connectivity index (χ0) is 12.5. The number of anilines is 2. The lowest BCUT2D eigenvalue weighted by molar-refractivity contribution is 0.635. The largest absolute Gasteiger partial charge is 0.355 e. The number of benzene rings is 2. The van der Waals surface area contributed by atoms with Gasteiger partial charge in [0.05, 0.1) is 12.0 Å². The van der Waals surface area contributed by atoms with Crippen LogP contribution < -0.4 is 5.32 Å². The van der Waals surface area contributed by atoms with Gasteiger partial charge in [0.15, 0.2) is 0 Å². The summed E-state index contributed by atoms with van der Waals surface area (Å²) in [6, 6.07) is 18.9. The Labute approximate surface area is 107 Å². The average molecular weight is 234 g/mol. The highest BCUT2D eigenvalue weighted by Gasteiger charge is 2.29. The SMILES string of the molecule is CC(C#N)C1c2ccccc2Nc2ccccc21. The lowest BCUT2D eigenvalue weighted by Crippen LogP contribution is -2.17. The molecule has 2 heteroatoms. The molecular formula is C16H14N2. The molecule has 0 aliphatic carbocycles. The first-order chi connectivity index (χ1) is 8.81. The van der Waals surface area contributed by atoms with Gasteiger partial charge in [-0.1, -0.05) is 36.4 Å². The summed E-state index contributed by atoms with van der Waals surface area (Å²) in [5.74, 6) is 0.123. The first-order valence-electron chi connectivity index (χ1n) is 6.16. The second-order valence-electron chi connectivity index (χ2n) is 4.69. The third-order valence-corrected chi connectivity index (χ3v) is 3.56. The molecule has 1 atom stereocenters. The molecule has 2 nitrogen and oxygen atoms in total. The van der Waals surface area contributed by atoms with E-state index in [0.717, 1.165) is 11.4 Å². The number of para-hydroxylation sites is 2. The fourth-order valence-electron chi connectivity index (χ4n) is 2.69. The Bertz CT molecular complexity index is 579. The van der Waals surface area contributed by atoms with Crippen molar-refractivity contribution in [2.24, 2.45) is 5.92 Å². The summed E-state index contributed by atoms with van der Waals surface area (Å²) in [7, 11) is 0. The monoisotopic (exact) mass is 234 g/mol. The number of nitrogens with zero attached hydrogens (tertiary/aromatic N) is 1. The summed E-state index contributed by atoms with van der Waals surface area (Å²) < 4.78 is 0. The number of hydrogen-bond donors (Lipinski definition) is 1.